The summed E-state index contributed by atoms with van der Waals surface area (Å²) >= 11 is 0. The summed E-state index contributed by atoms with van der Waals surface area (Å²) < 4.78 is 5.88. The Morgan fingerprint density at radius 1 is 1.29 bits per heavy atom. The SMILES string of the molecule is CCCC(C)(CNCC)CN1CCCOc2ccccc21. The average Bonchev–Trinajstić information content (AvgIpc) is 2.68. The predicted molar refractivity (Wildman–Crippen MR) is 90.3 cm³/mol. The second-order valence-corrected chi connectivity index (χ2v) is 6.43. The first-order valence-corrected chi connectivity index (χ1v) is 8.36. The van der Waals surface area contributed by atoms with Gasteiger partial charge in [0.15, 0.2) is 0 Å². The van der Waals surface area contributed by atoms with Gasteiger partial charge in [0.2, 0.25) is 0 Å². The van der Waals surface area contributed by atoms with Gasteiger partial charge >= 0.3 is 0 Å². The molecule has 0 fully saturated rings. The van der Waals surface area contributed by atoms with E-state index in [2.05, 4.69) is 55.3 Å². The van der Waals surface area contributed by atoms with Crippen molar-refractivity contribution in [2.75, 3.05) is 37.7 Å². The monoisotopic (exact) mass is 290 g/mol. The first-order valence-electron chi connectivity index (χ1n) is 8.36. The third kappa shape index (κ3) is 4.37. The number of nitrogens with one attached hydrogen (secondary N) is 1. The van der Waals surface area contributed by atoms with Crippen molar-refractivity contribution in [3.05, 3.63) is 24.3 Å². The van der Waals surface area contributed by atoms with E-state index in [1.165, 1.54) is 18.5 Å². The van der Waals surface area contributed by atoms with E-state index in [0.717, 1.165) is 45.0 Å². The highest BCUT2D eigenvalue weighted by Crippen LogP contribution is 2.34. The number of rotatable bonds is 7. The Balaban J connectivity index is 2.15. The zero-order chi connectivity index (χ0) is 15.1. The summed E-state index contributed by atoms with van der Waals surface area (Å²) in [4.78, 5) is 2.52. The molecule has 3 heteroatoms. The highest BCUT2D eigenvalue weighted by molar-refractivity contribution is 5.59. The van der Waals surface area contributed by atoms with E-state index in [1.807, 2.05) is 0 Å². The highest BCUT2D eigenvalue weighted by atomic mass is 16.5. The normalized spacial score (nSPS) is 17.6. The molecule has 0 amide bonds. The molecule has 0 spiro atoms. The van der Waals surface area contributed by atoms with Crippen LogP contribution in [0.2, 0.25) is 0 Å². The molecule has 1 aliphatic heterocycles. The van der Waals surface area contributed by atoms with Gasteiger partial charge in [-0.1, -0.05) is 39.3 Å². The van der Waals surface area contributed by atoms with E-state index < -0.39 is 0 Å². The number of nitrogens with zero attached hydrogens (tertiary/aromatic N) is 1. The van der Waals surface area contributed by atoms with Crippen molar-refractivity contribution < 1.29 is 4.74 Å². The molecule has 0 aromatic heterocycles. The molecule has 2 rings (SSSR count). The van der Waals surface area contributed by atoms with Gasteiger partial charge in [0, 0.05) is 19.6 Å². The fourth-order valence-electron chi connectivity index (χ4n) is 3.28. The minimum atomic E-state index is 0.308. The van der Waals surface area contributed by atoms with E-state index in [0.29, 0.717) is 5.41 Å². The lowest BCUT2D eigenvalue weighted by atomic mass is 9.84. The van der Waals surface area contributed by atoms with Gasteiger partial charge in [0.1, 0.15) is 5.75 Å². The molecule has 0 radical (unpaired) electrons. The minimum Gasteiger partial charge on any atom is -0.491 e. The fraction of sp³-hybridized carbons (Fsp3) is 0.667. The van der Waals surface area contributed by atoms with E-state index in [-0.39, 0.29) is 0 Å². The van der Waals surface area contributed by atoms with Gasteiger partial charge in [-0.3, -0.25) is 0 Å². The Labute approximate surface area is 129 Å². The molecule has 0 bridgehead atoms. The molecule has 0 aliphatic carbocycles. The topological polar surface area (TPSA) is 24.5 Å². The lowest BCUT2D eigenvalue weighted by Crippen LogP contribution is -2.42. The molecule has 0 saturated heterocycles. The van der Waals surface area contributed by atoms with Gasteiger partial charge in [-0.15, -0.1) is 0 Å². The maximum absolute atomic E-state index is 5.88. The summed E-state index contributed by atoms with van der Waals surface area (Å²) in [5.41, 5.74) is 1.57. The third-order valence-electron chi connectivity index (χ3n) is 4.26. The fourth-order valence-corrected chi connectivity index (χ4v) is 3.28. The number of anilines is 1. The van der Waals surface area contributed by atoms with Gasteiger partial charge in [-0.25, -0.2) is 0 Å². The molecule has 1 aliphatic rings. The quantitative estimate of drug-likeness (QED) is 0.829. The van der Waals surface area contributed by atoms with Gasteiger partial charge in [0.05, 0.1) is 12.3 Å². The standard InChI is InChI=1S/C18H30N2O/c1-4-11-18(3,14-19-5-2)15-20-12-8-13-21-17-10-7-6-9-16(17)20/h6-7,9-10,19H,4-5,8,11-15H2,1-3H3. The average molecular weight is 290 g/mol. The number of para-hydroxylation sites is 2. The van der Waals surface area contributed by atoms with Gasteiger partial charge in [0.25, 0.3) is 0 Å². The number of fused-ring (bicyclic) bond motifs is 1. The van der Waals surface area contributed by atoms with Gasteiger partial charge < -0.3 is 15.0 Å². The van der Waals surface area contributed by atoms with Gasteiger partial charge in [-0.2, -0.15) is 0 Å². The third-order valence-corrected chi connectivity index (χ3v) is 4.26. The molecule has 3 nitrogen and oxygen atoms in total. The predicted octanol–water partition coefficient (Wildman–Crippen LogP) is 3.69. The van der Waals surface area contributed by atoms with Crippen LogP contribution in [-0.2, 0) is 0 Å². The van der Waals surface area contributed by atoms with Crippen LogP contribution in [0.15, 0.2) is 24.3 Å². The van der Waals surface area contributed by atoms with Crippen molar-refractivity contribution in [3.8, 4) is 5.75 Å². The molecule has 21 heavy (non-hydrogen) atoms. The summed E-state index contributed by atoms with van der Waals surface area (Å²) in [6.07, 6.45) is 3.57. The maximum Gasteiger partial charge on any atom is 0.142 e. The van der Waals surface area contributed by atoms with Crippen LogP contribution in [-0.4, -0.2) is 32.8 Å². The summed E-state index contributed by atoms with van der Waals surface area (Å²) in [7, 11) is 0. The van der Waals surface area contributed by atoms with E-state index in [1.54, 1.807) is 0 Å². The van der Waals surface area contributed by atoms with Crippen molar-refractivity contribution in [3.63, 3.8) is 0 Å². The smallest absolute Gasteiger partial charge is 0.142 e. The van der Waals surface area contributed by atoms with Crippen LogP contribution >= 0.6 is 0 Å². The molecule has 118 valence electrons. The molecular formula is C18H30N2O. The number of ether oxygens (including phenoxy) is 1. The lowest BCUT2D eigenvalue weighted by molar-refractivity contribution is 0.281. The van der Waals surface area contributed by atoms with E-state index in [4.69, 9.17) is 4.74 Å². The molecule has 1 aromatic carbocycles. The summed E-state index contributed by atoms with van der Waals surface area (Å²) in [6, 6.07) is 8.46. The molecule has 1 aromatic rings. The van der Waals surface area contributed by atoms with Crippen molar-refractivity contribution in [2.24, 2.45) is 5.41 Å². The minimum absolute atomic E-state index is 0.308. The van der Waals surface area contributed by atoms with Crippen LogP contribution in [0.25, 0.3) is 0 Å². The van der Waals surface area contributed by atoms with Crippen LogP contribution in [0.3, 0.4) is 0 Å². The molecule has 1 atom stereocenters. The van der Waals surface area contributed by atoms with Crippen molar-refractivity contribution in [1.82, 2.24) is 5.32 Å². The highest BCUT2D eigenvalue weighted by Gasteiger charge is 2.28. The molecule has 1 heterocycles. The van der Waals surface area contributed by atoms with Crippen LogP contribution < -0.4 is 15.0 Å². The van der Waals surface area contributed by atoms with E-state index in [9.17, 15) is 0 Å². The largest absolute Gasteiger partial charge is 0.491 e. The van der Waals surface area contributed by atoms with E-state index >= 15 is 0 Å². The van der Waals surface area contributed by atoms with Crippen LogP contribution in [0.4, 0.5) is 5.69 Å². The Morgan fingerprint density at radius 2 is 2.10 bits per heavy atom. The molecule has 1 unspecified atom stereocenters. The maximum atomic E-state index is 5.88. The Morgan fingerprint density at radius 3 is 2.86 bits per heavy atom. The first kappa shape index (κ1) is 16.2. The Hall–Kier alpha value is -1.22. The summed E-state index contributed by atoms with van der Waals surface area (Å²) in [6.45, 7) is 12.0. The van der Waals surface area contributed by atoms with Gasteiger partial charge in [-0.05, 0) is 36.9 Å². The molecular weight excluding hydrogens is 260 g/mol. The second-order valence-electron chi connectivity index (χ2n) is 6.43. The van der Waals surface area contributed by atoms with Crippen molar-refractivity contribution >= 4 is 5.69 Å². The number of hydrogen-bond acceptors (Lipinski definition) is 3. The summed E-state index contributed by atoms with van der Waals surface area (Å²) in [5.74, 6) is 1.04. The second kappa shape index (κ2) is 7.69. The number of benzene rings is 1. The van der Waals surface area contributed by atoms with Crippen LogP contribution in [0.5, 0.6) is 5.75 Å². The summed E-state index contributed by atoms with van der Waals surface area (Å²) in [5, 5.41) is 3.54. The Kier molecular flexibility index (Phi) is 5.92. The number of hydrogen-bond donors (Lipinski definition) is 1. The van der Waals surface area contributed by atoms with Crippen LogP contribution in [0.1, 0.15) is 40.0 Å². The first-order chi connectivity index (χ1) is 10.2. The van der Waals surface area contributed by atoms with Crippen molar-refractivity contribution in [2.45, 2.75) is 40.0 Å². The van der Waals surface area contributed by atoms with Crippen LogP contribution in [0, 0.1) is 5.41 Å². The zero-order valence-electron chi connectivity index (χ0n) is 13.8. The lowest BCUT2D eigenvalue weighted by Gasteiger charge is -2.36. The molecule has 0 saturated carbocycles. The van der Waals surface area contributed by atoms with Crippen molar-refractivity contribution in [1.29, 1.82) is 0 Å². The Bertz CT molecular complexity index is 435. The zero-order valence-corrected chi connectivity index (χ0v) is 13.8. The molecule has 1 N–H and O–H groups in total.